The van der Waals surface area contributed by atoms with Gasteiger partial charge in [-0.3, -0.25) is 0 Å². The number of benzene rings is 1. The van der Waals surface area contributed by atoms with Crippen molar-refractivity contribution >= 4 is 5.69 Å². The normalized spacial score (nSPS) is 21.0. The van der Waals surface area contributed by atoms with Gasteiger partial charge in [-0.25, -0.2) is 0 Å². The van der Waals surface area contributed by atoms with Crippen LogP contribution < -0.4 is 5.32 Å². The van der Waals surface area contributed by atoms with Gasteiger partial charge in [0, 0.05) is 11.3 Å². The lowest BCUT2D eigenvalue weighted by Crippen LogP contribution is -2.32. The maximum atomic E-state index is 5.65. The van der Waals surface area contributed by atoms with E-state index in [9.17, 15) is 0 Å². The fourth-order valence-electron chi connectivity index (χ4n) is 1.52. The first-order valence-corrected chi connectivity index (χ1v) is 4.73. The van der Waals surface area contributed by atoms with Gasteiger partial charge < -0.3 is 10.1 Å². The second kappa shape index (κ2) is 3.38. The van der Waals surface area contributed by atoms with Crippen LogP contribution >= 0.6 is 0 Å². The molecule has 1 aromatic carbocycles. The fraction of sp³-hybridized carbons (Fsp3) is 0.455. The van der Waals surface area contributed by atoms with Crippen LogP contribution in [-0.2, 0) is 11.3 Å². The Labute approximate surface area is 78.9 Å². The molecule has 0 saturated heterocycles. The molecular weight excluding hydrogens is 162 g/mol. The summed E-state index contributed by atoms with van der Waals surface area (Å²) in [5.74, 6) is 0.508. The summed E-state index contributed by atoms with van der Waals surface area (Å²) in [6.07, 6.45) is 0.162. The van der Waals surface area contributed by atoms with Crippen LogP contribution in [0.25, 0.3) is 0 Å². The van der Waals surface area contributed by atoms with E-state index in [0.29, 0.717) is 5.92 Å². The van der Waals surface area contributed by atoms with Gasteiger partial charge in [0.15, 0.2) is 0 Å². The molecule has 2 rings (SSSR count). The molecule has 2 nitrogen and oxygen atoms in total. The lowest BCUT2D eigenvalue weighted by atomic mass is 10.1. The molecule has 0 saturated carbocycles. The van der Waals surface area contributed by atoms with Crippen LogP contribution in [0.1, 0.15) is 19.4 Å². The first-order valence-electron chi connectivity index (χ1n) is 4.73. The number of hydrogen-bond donors (Lipinski definition) is 1. The third-order valence-electron chi connectivity index (χ3n) is 2.34. The van der Waals surface area contributed by atoms with Crippen LogP contribution in [0.2, 0.25) is 0 Å². The van der Waals surface area contributed by atoms with E-state index in [4.69, 9.17) is 4.74 Å². The van der Waals surface area contributed by atoms with E-state index in [1.165, 1.54) is 11.3 Å². The van der Waals surface area contributed by atoms with Gasteiger partial charge in [0.25, 0.3) is 0 Å². The second-order valence-corrected chi connectivity index (χ2v) is 3.78. The summed E-state index contributed by atoms with van der Waals surface area (Å²) in [4.78, 5) is 0. The average molecular weight is 177 g/mol. The van der Waals surface area contributed by atoms with E-state index in [0.717, 1.165) is 6.61 Å². The number of anilines is 1. The number of para-hydroxylation sites is 1. The Balaban J connectivity index is 2.20. The molecule has 0 radical (unpaired) electrons. The average Bonchev–Trinajstić information content (AvgIpc) is 2.17. The molecule has 70 valence electrons. The van der Waals surface area contributed by atoms with Crippen molar-refractivity contribution in [3.8, 4) is 0 Å². The van der Waals surface area contributed by atoms with Crippen LogP contribution in [0.15, 0.2) is 24.3 Å². The highest BCUT2D eigenvalue weighted by Crippen LogP contribution is 2.25. The molecule has 0 aliphatic carbocycles. The van der Waals surface area contributed by atoms with E-state index in [-0.39, 0.29) is 6.23 Å². The Kier molecular flexibility index (Phi) is 2.23. The van der Waals surface area contributed by atoms with Gasteiger partial charge in [-0.15, -0.1) is 0 Å². The SMILES string of the molecule is CC(C)C1Nc2ccccc2CO1. The monoisotopic (exact) mass is 177 g/mol. The molecule has 13 heavy (non-hydrogen) atoms. The summed E-state index contributed by atoms with van der Waals surface area (Å²) in [5, 5.41) is 3.37. The van der Waals surface area contributed by atoms with Crippen LogP contribution in [0.5, 0.6) is 0 Å². The Morgan fingerprint density at radius 1 is 1.38 bits per heavy atom. The number of ether oxygens (including phenoxy) is 1. The van der Waals surface area contributed by atoms with Crippen molar-refractivity contribution < 1.29 is 4.74 Å². The van der Waals surface area contributed by atoms with Gasteiger partial charge in [0.2, 0.25) is 0 Å². The highest BCUT2D eigenvalue weighted by molar-refractivity contribution is 5.52. The smallest absolute Gasteiger partial charge is 0.130 e. The second-order valence-electron chi connectivity index (χ2n) is 3.78. The standard InChI is InChI=1S/C11H15NO/c1-8(2)11-12-10-6-4-3-5-9(10)7-13-11/h3-6,8,11-12H,7H2,1-2H3. The summed E-state index contributed by atoms with van der Waals surface area (Å²) >= 11 is 0. The summed E-state index contributed by atoms with van der Waals surface area (Å²) in [5.41, 5.74) is 2.46. The third kappa shape index (κ3) is 1.68. The van der Waals surface area contributed by atoms with Gasteiger partial charge in [0.05, 0.1) is 6.61 Å². The Morgan fingerprint density at radius 2 is 2.15 bits per heavy atom. The third-order valence-corrected chi connectivity index (χ3v) is 2.34. The lowest BCUT2D eigenvalue weighted by molar-refractivity contribution is 0.0223. The van der Waals surface area contributed by atoms with E-state index >= 15 is 0 Å². The molecule has 0 spiro atoms. The number of hydrogen-bond acceptors (Lipinski definition) is 2. The van der Waals surface area contributed by atoms with E-state index in [2.05, 4.69) is 37.4 Å². The summed E-state index contributed by atoms with van der Waals surface area (Å²) in [7, 11) is 0. The van der Waals surface area contributed by atoms with Crippen molar-refractivity contribution in [2.45, 2.75) is 26.7 Å². The molecule has 1 aromatic rings. The predicted molar refractivity (Wildman–Crippen MR) is 53.5 cm³/mol. The number of nitrogens with one attached hydrogen (secondary N) is 1. The van der Waals surface area contributed by atoms with Gasteiger partial charge in [0.1, 0.15) is 6.23 Å². The quantitative estimate of drug-likeness (QED) is 0.712. The highest BCUT2D eigenvalue weighted by atomic mass is 16.5. The molecule has 0 aromatic heterocycles. The summed E-state index contributed by atoms with van der Waals surface area (Å²) in [6, 6.07) is 8.29. The van der Waals surface area contributed by atoms with Crippen molar-refractivity contribution in [2.24, 2.45) is 5.92 Å². The van der Waals surface area contributed by atoms with Crippen LogP contribution in [-0.4, -0.2) is 6.23 Å². The fourth-order valence-corrected chi connectivity index (χ4v) is 1.52. The number of fused-ring (bicyclic) bond motifs is 1. The first-order chi connectivity index (χ1) is 6.27. The van der Waals surface area contributed by atoms with Gasteiger partial charge in [-0.2, -0.15) is 0 Å². The Hall–Kier alpha value is -1.02. The van der Waals surface area contributed by atoms with Crippen molar-refractivity contribution in [3.63, 3.8) is 0 Å². The first kappa shape index (κ1) is 8.57. The van der Waals surface area contributed by atoms with E-state index in [1.54, 1.807) is 0 Å². The van der Waals surface area contributed by atoms with Crippen LogP contribution in [0, 0.1) is 5.92 Å². The number of rotatable bonds is 1. The minimum Gasteiger partial charge on any atom is -0.360 e. The summed E-state index contributed by atoms with van der Waals surface area (Å²) in [6.45, 7) is 5.04. The van der Waals surface area contributed by atoms with Crippen molar-refractivity contribution in [1.29, 1.82) is 0 Å². The molecule has 0 fully saturated rings. The lowest BCUT2D eigenvalue weighted by Gasteiger charge is -2.29. The maximum Gasteiger partial charge on any atom is 0.130 e. The molecule has 1 aliphatic rings. The molecule has 2 heteroatoms. The highest BCUT2D eigenvalue weighted by Gasteiger charge is 2.19. The van der Waals surface area contributed by atoms with Crippen LogP contribution in [0.3, 0.4) is 0 Å². The summed E-state index contributed by atoms with van der Waals surface area (Å²) < 4.78 is 5.65. The molecule has 1 atom stereocenters. The molecule has 1 heterocycles. The van der Waals surface area contributed by atoms with Gasteiger partial charge in [-0.1, -0.05) is 32.0 Å². The zero-order valence-corrected chi connectivity index (χ0v) is 8.08. The van der Waals surface area contributed by atoms with E-state index < -0.39 is 0 Å². The van der Waals surface area contributed by atoms with Crippen molar-refractivity contribution in [1.82, 2.24) is 0 Å². The van der Waals surface area contributed by atoms with Crippen LogP contribution in [0.4, 0.5) is 5.69 Å². The molecule has 0 bridgehead atoms. The van der Waals surface area contributed by atoms with Gasteiger partial charge >= 0.3 is 0 Å². The molecule has 0 amide bonds. The molecule has 1 unspecified atom stereocenters. The maximum absolute atomic E-state index is 5.65. The largest absolute Gasteiger partial charge is 0.360 e. The van der Waals surface area contributed by atoms with E-state index in [1.807, 2.05) is 6.07 Å². The Morgan fingerprint density at radius 3 is 2.92 bits per heavy atom. The Bertz CT molecular complexity index is 296. The molecule has 1 N–H and O–H groups in total. The topological polar surface area (TPSA) is 21.3 Å². The zero-order valence-electron chi connectivity index (χ0n) is 8.08. The zero-order chi connectivity index (χ0) is 9.26. The molecule has 1 aliphatic heterocycles. The van der Waals surface area contributed by atoms with Crippen molar-refractivity contribution in [3.05, 3.63) is 29.8 Å². The van der Waals surface area contributed by atoms with Crippen molar-refractivity contribution in [2.75, 3.05) is 5.32 Å². The van der Waals surface area contributed by atoms with Gasteiger partial charge in [-0.05, 0) is 12.0 Å². The minimum atomic E-state index is 0.162. The predicted octanol–water partition coefficient (Wildman–Crippen LogP) is 2.61. The molecular formula is C11H15NO. The minimum absolute atomic E-state index is 0.162.